The van der Waals surface area contributed by atoms with Gasteiger partial charge in [0, 0.05) is 26.3 Å². The Bertz CT molecular complexity index is 1520. The number of rotatable bonds is 3. The second-order valence-electron chi connectivity index (χ2n) is 8.52. The summed E-state index contributed by atoms with van der Waals surface area (Å²) < 4.78 is 12.1. The fourth-order valence-electron chi connectivity index (χ4n) is 4.07. The van der Waals surface area contributed by atoms with Crippen molar-refractivity contribution in [3.05, 3.63) is 146 Å². The second-order valence-corrected chi connectivity index (χ2v) is 8.52. The summed E-state index contributed by atoms with van der Waals surface area (Å²) in [6.07, 6.45) is 3.48. The zero-order valence-corrected chi connectivity index (χ0v) is 23.1. The summed E-state index contributed by atoms with van der Waals surface area (Å²) in [5.41, 5.74) is 5.95. The van der Waals surface area contributed by atoms with Gasteiger partial charge in [0.2, 0.25) is 0 Å². The SMILES string of the molecule is [Ir].[c-]1ccccc1-c1cc2c(cn1)Oc1ccc(-c3ccccc3)cc1O2.[c-]1ccccc1-c1ccccn1. The molecule has 0 spiro atoms. The summed E-state index contributed by atoms with van der Waals surface area (Å²) in [4.78, 5) is 8.68. The minimum absolute atomic E-state index is 0. The monoisotopic (exact) mass is 683 g/mol. The number of pyridine rings is 2. The molecule has 7 rings (SSSR count). The molecule has 1 aliphatic rings. The first kappa shape index (κ1) is 26.1. The molecular weight excluding hydrogens is 661 g/mol. The van der Waals surface area contributed by atoms with E-state index in [1.165, 1.54) is 0 Å². The second kappa shape index (κ2) is 12.3. The Morgan fingerprint density at radius 1 is 0.487 bits per heavy atom. The molecule has 1 aliphatic heterocycles. The average molecular weight is 683 g/mol. The minimum Gasteiger partial charge on any atom is -0.450 e. The zero-order chi connectivity index (χ0) is 25.6. The third-order valence-corrected chi connectivity index (χ3v) is 5.96. The van der Waals surface area contributed by atoms with Crippen molar-refractivity contribution in [3.8, 4) is 56.6 Å². The van der Waals surface area contributed by atoms with Gasteiger partial charge in [0.05, 0.1) is 6.20 Å². The summed E-state index contributed by atoms with van der Waals surface area (Å²) in [5.74, 6) is 2.67. The first-order valence-corrected chi connectivity index (χ1v) is 12.2. The average Bonchev–Trinajstić information content (AvgIpc) is 3.01. The van der Waals surface area contributed by atoms with E-state index in [2.05, 4.69) is 34.2 Å². The Hall–Kier alpha value is -4.57. The molecule has 0 aliphatic carbocycles. The van der Waals surface area contributed by atoms with E-state index in [9.17, 15) is 0 Å². The van der Waals surface area contributed by atoms with Crippen molar-refractivity contribution >= 4 is 0 Å². The Labute approximate surface area is 241 Å². The number of hydrogen-bond donors (Lipinski definition) is 0. The molecule has 191 valence electrons. The standard InChI is InChI=1S/C23H14NO2.C11H8N.Ir/c1-3-7-16(8-4-1)18-11-12-20-21(13-18)26-22-14-19(24-15-23(22)25-20)17-9-5-2-6-10-17;1-2-6-10(7-3-1)11-8-4-5-9-12-11;/h1-9,11-15H;1-6,8-9H;/q2*-1;. The molecule has 0 amide bonds. The van der Waals surface area contributed by atoms with Crippen molar-refractivity contribution in [2.75, 3.05) is 0 Å². The van der Waals surface area contributed by atoms with E-state index in [-0.39, 0.29) is 20.1 Å². The molecular formula is C34H22IrN2O2-2. The van der Waals surface area contributed by atoms with Gasteiger partial charge in [-0.3, -0.25) is 0 Å². The number of fused-ring (bicyclic) bond motifs is 2. The summed E-state index contributed by atoms with van der Waals surface area (Å²) in [7, 11) is 0. The van der Waals surface area contributed by atoms with Crippen LogP contribution in [-0.4, -0.2) is 9.97 Å². The van der Waals surface area contributed by atoms with E-state index in [0.717, 1.165) is 33.6 Å². The van der Waals surface area contributed by atoms with Crippen molar-refractivity contribution in [1.29, 1.82) is 0 Å². The maximum atomic E-state index is 6.12. The summed E-state index contributed by atoms with van der Waals surface area (Å²) >= 11 is 0. The van der Waals surface area contributed by atoms with Crippen molar-refractivity contribution in [1.82, 2.24) is 9.97 Å². The number of benzene rings is 4. The van der Waals surface area contributed by atoms with E-state index < -0.39 is 0 Å². The Balaban J connectivity index is 0.000000200. The summed E-state index contributed by atoms with van der Waals surface area (Å²) in [6, 6.07) is 45.8. The van der Waals surface area contributed by atoms with Crippen LogP contribution in [0, 0.1) is 12.1 Å². The third kappa shape index (κ3) is 6.12. The zero-order valence-electron chi connectivity index (χ0n) is 20.7. The molecule has 6 aromatic rings. The van der Waals surface area contributed by atoms with E-state index in [1.807, 2.05) is 109 Å². The first-order chi connectivity index (χ1) is 18.8. The van der Waals surface area contributed by atoms with E-state index in [4.69, 9.17) is 9.47 Å². The molecule has 0 N–H and O–H groups in total. The van der Waals surface area contributed by atoms with Crippen LogP contribution in [0.15, 0.2) is 134 Å². The smallest absolute Gasteiger partial charge is 0.186 e. The number of nitrogens with zero attached hydrogens (tertiary/aromatic N) is 2. The Morgan fingerprint density at radius 3 is 1.85 bits per heavy atom. The van der Waals surface area contributed by atoms with Gasteiger partial charge in [0.1, 0.15) is 0 Å². The number of ether oxygens (including phenoxy) is 2. The van der Waals surface area contributed by atoms with Gasteiger partial charge in [-0.05, 0) is 46.8 Å². The first-order valence-electron chi connectivity index (χ1n) is 12.2. The predicted molar refractivity (Wildman–Crippen MR) is 149 cm³/mol. The molecule has 0 atom stereocenters. The molecule has 39 heavy (non-hydrogen) atoms. The topological polar surface area (TPSA) is 44.2 Å². The summed E-state index contributed by atoms with van der Waals surface area (Å²) in [6.45, 7) is 0. The van der Waals surface area contributed by atoms with Crippen molar-refractivity contribution in [2.24, 2.45) is 0 Å². The van der Waals surface area contributed by atoms with E-state index >= 15 is 0 Å². The van der Waals surface area contributed by atoms with Crippen LogP contribution in [0.4, 0.5) is 0 Å². The van der Waals surface area contributed by atoms with Crippen LogP contribution < -0.4 is 9.47 Å². The van der Waals surface area contributed by atoms with Gasteiger partial charge in [-0.25, -0.2) is 0 Å². The molecule has 0 unspecified atom stereocenters. The van der Waals surface area contributed by atoms with Gasteiger partial charge in [-0.2, -0.15) is 0 Å². The number of hydrogen-bond acceptors (Lipinski definition) is 4. The van der Waals surface area contributed by atoms with Crippen LogP contribution in [0.1, 0.15) is 0 Å². The fraction of sp³-hybridized carbons (Fsp3) is 0. The van der Waals surface area contributed by atoms with Crippen molar-refractivity contribution in [3.63, 3.8) is 0 Å². The maximum absolute atomic E-state index is 6.12. The van der Waals surface area contributed by atoms with Crippen LogP contribution in [-0.2, 0) is 20.1 Å². The van der Waals surface area contributed by atoms with Gasteiger partial charge in [-0.1, -0.05) is 48.5 Å². The fourth-order valence-corrected chi connectivity index (χ4v) is 4.07. The largest absolute Gasteiger partial charge is 0.450 e. The molecule has 4 nitrogen and oxygen atoms in total. The van der Waals surface area contributed by atoms with Gasteiger partial charge < -0.3 is 19.4 Å². The van der Waals surface area contributed by atoms with Crippen LogP contribution in [0.3, 0.4) is 0 Å². The van der Waals surface area contributed by atoms with Crippen LogP contribution in [0.2, 0.25) is 0 Å². The number of aromatic nitrogens is 2. The van der Waals surface area contributed by atoms with E-state index in [0.29, 0.717) is 23.0 Å². The Morgan fingerprint density at radius 2 is 1.15 bits per heavy atom. The molecule has 0 bridgehead atoms. The van der Waals surface area contributed by atoms with Crippen molar-refractivity contribution < 1.29 is 29.6 Å². The third-order valence-electron chi connectivity index (χ3n) is 5.96. The van der Waals surface area contributed by atoms with Crippen LogP contribution >= 0.6 is 0 Å². The molecule has 5 heteroatoms. The summed E-state index contributed by atoms with van der Waals surface area (Å²) in [5, 5.41) is 0. The van der Waals surface area contributed by atoms with Gasteiger partial charge in [0.15, 0.2) is 23.0 Å². The normalized spacial score (nSPS) is 10.8. The van der Waals surface area contributed by atoms with Gasteiger partial charge in [0.25, 0.3) is 0 Å². The molecule has 1 radical (unpaired) electrons. The van der Waals surface area contributed by atoms with Crippen LogP contribution in [0.5, 0.6) is 23.0 Å². The van der Waals surface area contributed by atoms with Crippen LogP contribution in [0.25, 0.3) is 33.6 Å². The van der Waals surface area contributed by atoms with Gasteiger partial charge >= 0.3 is 0 Å². The molecule has 4 aromatic carbocycles. The molecule has 3 heterocycles. The van der Waals surface area contributed by atoms with E-state index in [1.54, 1.807) is 12.4 Å². The quantitative estimate of drug-likeness (QED) is 0.175. The molecule has 0 fully saturated rings. The van der Waals surface area contributed by atoms with Crippen molar-refractivity contribution in [2.45, 2.75) is 0 Å². The molecule has 2 aromatic heterocycles. The molecule has 0 saturated heterocycles. The van der Waals surface area contributed by atoms with Gasteiger partial charge in [-0.15, -0.1) is 71.8 Å². The minimum atomic E-state index is 0. The Kier molecular flexibility index (Phi) is 8.23. The molecule has 0 saturated carbocycles. The predicted octanol–water partition coefficient (Wildman–Crippen LogP) is 8.66. The maximum Gasteiger partial charge on any atom is 0.186 e.